The number of rotatable bonds is 3. The predicted molar refractivity (Wildman–Crippen MR) is 69.5 cm³/mol. The van der Waals surface area contributed by atoms with E-state index in [4.69, 9.17) is 5.84 Å². The van der Waals surface area contributed by atoms with Gasteiger partial charge in [0, 0.05) is 41.7 Å². The molecule has 0 aromatic carbocycles. The van der Waals surface area contributed by atoms with Crippen LogP contribution in [0.3, 0.4) is 0 Å². The maximum atomic E-state index is 5.41. The normalized spacial score (nSPS) is 20.9. The Morgan fingerprint density at radius 2 is 2.38 bits per heavy atom. The van der Waals surface area contributed by atoms with Crippen LogP contribution in [0.2, 0.25) is 0 Å². The molecule has 1 aliphatic heterocycles. The Bertz CT molecular complexity index is 351. The van der Waals surface area contributed by atoms with E-state index in [1.54, 1.807) is 0 Å². The lowest BCUT2D eigenvalue weighted by atomic mass is 10.2. The van der Waals surface area contributed by atoms with Crippen molar-refractivity contribution in [1.82, 2.24) is 14.5 Å². The Balaban J connectivity index is 1.99. The van der Waals surface area contributed by atoms with Crippen LogP contribution < -0.4 is 11.3 Å². The molecule has 2 heterocycles. The number of nitrogens with two attached hydrogens (primary N) is 1. The van der Waals surface area contributed by atoms with Crippen LogP contribution in [0, 0.1) is 0 Å². The van der Waals surface area contributed by atoms with Crippen LogP contribution >= 0.6 is 23.3 Å². The SMILES string of the molecule is CC1(C)CN(Cc2nnsc2NN)CCS1. The van der Waals surface area contributed by atoms with Crippen molar-refractivity contribution in [3.8, 4) is 0 Å². The van der Waals surface area contributed by atoms with E-state index < -0.39 is 0 Å². The molecule has 1 aromatic rings. The number of thioether (sulfide) groups is 1. The van der Waals surface area contributed by atoms with E-state index in [0.29, 0.717) is 4.75 Å². The second kappa shape index (κ2) is 4.87. The molecular weight excluding hydrogens is 242 g/mol. The van der Waals surface area contributed by atoms with Crippen molar-refractivity contribution in [2.45, 2.75) is 25.1 Å². The molecule has 0 unspecified atom stereocenters. The summed E-state index contributed by atoms with van der Waals surface area (Å²) < 4.78 is 4.24. The van der Waals surface area contributed by atoms with E-state index in [0.717, 1.165) is 30.3 Å². The molecule has 1 saturated heterocycles. The Morgan fingerprint density at radius 3 is 3.06 bits per heavy atom. The van der Waals surface area contributed by atoms with Crippen molar-refractivity contribution in [2.75, 3.05) is 24.3 Å². The van der Waals surface area contributed by atoms with E-state index in [9.17, 15) is 0 Å². The Labute approximate surface area is 104 Å². The Morgan fingerprint density at radius 1 is 1.56 bits per heavy atom. The first-order valence-corrected chi connectivity index (χ1v) is 7.01. The largest absolute Gasteiger partial charge is 0.313 e. The molecule has 1 aliphatic rings. The number of nitrogens with zero attached hydrogens (tertiary/aromatic N) is 3. The van der Waals surface area contributed by atoms with Gasteiger partial charge in [0.25, 0.3) is 0 Å². The van der Waals surface area contributed by atoms with Gasteiger partial charge >= 0.3 is 0 Å². The van der Waals surface area contributed by atoms with Crippen LogP contribution in [0.4, 0.5) is 5.00 Å². The molecule has 16 heavy (non-hydrogen) atoms. The van der Waals surface area contributed by atoms with E-state index in [1.807, 2.05) is 11.8 Å². The number of aromatic nitrogens is 2. The Hall–Kier alpha value is -0.370. The highest BCUT2D eigenvalue weighted by Gasteiger charge is 2.27. The van der Waals surface area contributed by atoms with Crippen molar-refractivity contribution < 1.29 is 0 Å². The van der Waals surface area contributed by atoms with E-state index >= 15 is 0 Å². The van der Waals surface area contributed by atoms with Gasteiger partial charge in [0.05, 0.1) is 0 Å². The molecule has 0 atom stereocenters. The average Bonchev–Trinajstić information content (AvgIpc) is 2.63. The number of hydrazine groups is 1. The third kappa shape index (κ3) is 2.85. The third-order valence-electron chi connectivity index (χ3n) is 2.56. The maximum absolute atomic E-state index is 5.41. The van der Waals surface area contributed by atoms with Gasteiger partial charge in [-0.15, -0.1) is 5.10 Å². The number of nitrogens with one attached hydrogen (secondary N) is 1. The van der Waals surface area contributed by atoms with Gasteiger partial charge in [-0.25, -0.2) is 5.84 Å². The van der Waals surface area contributed by atoms with Crippen molar-refractivity contribution in [1.29, 1.82) is 0 Å². The summed E-state index contributed by atoms with van der Waals surface area (Å²) in [4.78, 5) is 2.41. The molecule has 1 fully saturated rings. The topological polar surface area (TPSA) is 67.1 Å². The summed E-state index contributed by atoms with van der Waals surface area (Å²) in [6.45, 7) is 7.59. The van der Waals surface area contributed by atoms with E-state index in [2.05, 4.69) is 33.8 Å². The fraction of sp³-hybridized carbons (Fsp3) is 0.778. The average molecular weight is 259 g/mol. The molecule has 0 spiro atoms. The molecule has 0 aliphatic carbocycles. The predicted octanol–water partition coefficient (Wildman–Crippen LogP) is 1.15. The fourth-order valence-electron chi connectivity index (χ4n) is 1.88. The second-order valence-corrected chi connectivity index (χ2v) is 7.07. The summed E-state index contributed by atoms with van der Waals surface area (Å²) >= 11 is 3.34. The first-order valence-electron chi connectivity index (χ1n) is 5.25. The molecule has 3 N–H and O–H groups in total. The molecule has 2 rings (SSSR count). The fourth-order valence-corrected chi connectivity index (χ4v) is 3.54. The van der Waals surface area contributed by atoms with Gasteiger partial charge in [0.15, 0.2) is 0 Å². The van der Waals surface area contributed by atoms with Gasteiger partial charge in [0.1, 0.15) is 10.7 Å². The molecule has 90 valence electrons. The highest BCUT2D eigenvalue weighted by atomic mass is 32.2. The molecule has 7 heteroatoms. The summed E-state index contributed by atoms with van der Waals surface area (Å²) in [5.74, 6) is 6.59. The smallest absolute Gasteiger partial charge is 0.148 e. The lowest BCUT2D eigenvalue weighted by Crippen LogP contribution is -2.42. The van der Waals surface area contributed by atoms with E-state index in [1.165, 1.54) is 17.3 Å². The number of nitrogen functional groups attached to an aromatic ring is 1. The van der Waals surface area contributed by atoms with Crippen LogP contribution in [0.25, 0.3) is 0 Å². The zero-order chi connectivity index (χ0) is 11.6. The molecule has 1 aromatic heterocycles. The number of hydrogen-bond acceptors (Lipinski definition) is 7. The lowest BCUT2D eigenvalue weighted by molar-refractivity contribution is 0.250. The molecule has 5 nitrogen and oxygen atoms in total. The van der Waals surface area contributed by atoms with Gasteiger partial charge < -0.3 is 5.43 Å². The van der Waals surface area contributed by atoms with Gasteiger partial charge in [-0.3, -0.25) is 4.90 Å². The van der Waals surface area contributed by atoms with Crippen molar-refractivity contribution in [3.63, 3.8) is 0 Å². The molecule has 0 radical (unpaired) electrons. The summed E-state index contributed by atoms with van der Waals surface area (Å²) in [6, 6.07) is 0. The monoisotopic (exact) mass is 259 g/mol. The highest BCUT2D eigenvalue weighted by molar-refractivity contribution is 8.00. The quantitative estimate of drug-likeness (QED) is 0.627. The summed E-state index contributed by atoms with van der Waals surface area (Å²) in [5.41, 5.74) is 3.60. The van der Waals surface area contributed by atoms with Crippen molar-refractivity contribution in [3.05, 3.63) is 5.69 Å². The van der Waals surface area contributed by atoms with Gasteiger partial charge in [-0.05, 0) is 13.8 Å². The van der Waals surface area contributed by atoms with Crippen LogP contribution in [-0.2, 0) is 6.54 Å². The Kier molecular flexibility index (Phi) is 3.68. The molecule has 0 amide bonds. The van der Waals surface area contributed by atoms with Crippen LogP contribution in [0.1, 0.15) is 19.5 Å². The third-order valence-corrected chi connectivity index (χ3v) is 4.56. The van der Waals surface area contributed by atoms with Crippen LogP contribution in [0.15, 0.2) is 0 Å². The zero-order valence-electron chi connectivity index (χ0n) is 9.56. The minimum Gasteiger partial charge on any atom is -0.313 e. The minimum atomic E-state index is 0.331. The molecule has 0 bridgehead atoms. The van der Waals surface area contributed by atoms with Gasteiger partial charge in [-0.1, -0.05) is 4.49 Å². The zero-order valence-corrected chi connectivity index (χ0v) is 11.2. The molecule has 0 saturated carbocycles. The highest BCUT2D eigenvalue weighted by Crippen LogP contribution is 2.30. The van der Waals surface area contributed by atoms with Crippen molar-refractivity contribution >= 4 is 28.3 Å². The first-order chi connectivity index (χ1) is 7.61. The van der Waals surface area contributed by atoms with Crippen LogP contribution in [-0.4, -0.2) is 38.1 Å². The summed E-state index contributed by atoms with van der Waals surface area (Å²) in [6.07, 6.45) is 0. The minimum absolute atomic E-state index is 0.331. The van der Waals surface area contributed by atoms with Gasteiger partial charge in [-0.2, -0.15) is 11.8 Å². The maximum Gasteiger partial charge on any atom is 0.148 e. The first kappa shape index (κ1) is 12.1. The molecular formula is C9H17N5S2. The van der Waals surface area contributed by atoms with Crippen molar-refractivity contribution in [2.24, 2.45) is 5.84 Å². The van der Waals surface area contributed by atoms with Crippen LogP contribution in [0.5, 0.6) is 0 Å². The summed E-state index contributed by atoms with van der Waals surface area (Å²) in [5, 5.41) is 4.98. The lowest BCUT2D eigenvalue weighted by Gasteiger charge is -2.37. The number of anilines is 1. The standard InChI is InChI=1S/C9H17N5S2/c1-9(2)6-14(3-4-15-9)5-7-8(11-10)16-13-12-7/h11H,3-6,10H2,1-2H3. The number of hydrogen-bond donors (Lipinski definition) is 2. The van der Waals surface area contributed by atoms with Gasteiger partial charge in [0.2, 0.25) is 0 Å². The van der Waals surface area contributed by atoms with E-state index in [-0.39, 0.29) is 0 Å². The summed E-state index contributed by atoms with van der Waals surface area (Å²) in [7, 11) is 0. The second-order valence-electron chi connectivity index (χ2n) is 4.51.